The molecule has 0 spiro atoms. The minimum Gasteiger partial charge on any atom is -0.507 e. The van der Waals surface area contributed by atoms with Gasteiger partial charge in [-0.15, -0.1) is 0 Å². The number of anilines is 1. The molecule has 0 aliphatic carbocycles. The lowest BCUT2D eigenvalue weighted by atomic mass is 9.97. The van der Waals surface area contributed by atoms with Gasteiger partial charge in [-0.1, -0.05) is 23.7 Å². The van der Waals surface area contributed by atoms with Gasteiger partial charge in [-0.3, -0.25) is 19.5 Å². The number of Topliss-reactive ketones (excluding diaryl/α,β-unsaturated/α-hetero) is 1. The number of halogens is 1. The molecule has 32 heavy (non-hydrogen) atoms. The molecule has 3 aromatic rings. The summed E-state index contributed by atoms with van der Waals surface area (Å²) in [6.07, 6.45) is 1.58. The van der Waals surface area contributed by atoms with Gasteiger partial charge >= 0.3 is 0 Å². The Kier molecular flexibility index (Phi) is 5.72. The number of aliphatic hydroxyl groups excluding tert-OH is 1. The van der Waals surface area contributed by atoms with Crippen LogP contribution in [0.25, 0.3) is 5.76 Å². The van der Waals surface area contributed by atoms with E-state index >= 15 is 0 Å². The van der Waals surface area contributed by atoms with E-state index < -0.39 is 17.7 Å². The predicted octanol–water partition coefficient (Wildman–Crippen LogP) is 4.99. The summed E-state index contributed by atoms with van der Waals surface area (Å²) < 4.78 is 5.28. The number of ketones is 1. The lowest BCUT2D eigenvalue weighted by Crippen LogP contribution is -2.30. The van der Waals surface area contributed by atoms with E-state index in [2.05, 4.69) is 4.98 Å². The summed E-state index contributed by atoms with van der Waals surface area (Å²) in [5.41, 5.74) is 2.86. The molecule has 2 aromatic carbocycles. The molecule has 1 atom stereocenters. The van der Waals surface area contributed by atoms with E-state index in [0.29, 0.717) is 27.7 Å². The third-order valence-electron chi connectivity index (χ3n) is 5.51. The number of rotatable bonds is 4. The van der Waals surface area contributed by atoms with Crippen LogP contribution in [0.15, 0.2) is 66.4 Å². The Bertz CT molecular complexity index is 1250. The van der Waals surface area contributed by atoms with Gasteiger partial charge in [0.2, 0.25) is 0 Å². The summed E-state index contributed by atoms with van der Waals surface area (Å²) in [4.78, 5) is 32.1. The maximum atomic E-state index is 13.2. The van der Waals surface area contributed by atoms with Crippen molar-refractivity contribution in [1.29, 1.82) is 0 Å². The van der Waals surface area contributed by atoms with Gasteiger partial charge in [0, 0.05) is 22.5 Å². The molecule has 0 saturated carbocycles. The normalized spacial score (nSPS) is 17.6. The van der Waals surface area contributed by atoms with Crippen molar-refractivity contribution in [2.45, 2.75) is 19.9 Å². The molecule has 0 bridgehead atoms. The molecular weight excluding hydrogens is 428 g/mol. The van der Waals surface area contributed by atoms with Crippen LogP contribution in [0.4, 0.5) is 5.69 Å². The van der Waals surface area contributed by atoms with Gasteiger partial charge in [-0.2, -0.15) is 0 Å². The first-order valence-electron chi connectivity index (χ1n) is 9.96. The Morgan fingerprint density at radius 3 is 2.50 bits per heavy atom. The van der Waals surface area contributed by atoms with Crippen molar-refractivity contribution in [2.75, 3.05) is 12.0 Å². The van der Waals surface area contributed by atoms with E-state index in [1.54, 1.807) is 67.9 Å². The molecule has 1 unspecified atom stereocenters. The van der Waals surface area contributed by atoms with Gasteiger partial charge < -0.3 is 9.84 Å². The SMILES string of the molecule is COc1ccc(/C(O)=C2\C(=O)C(=O)N(c3cc(Cl)ccc3C)C2c2ccccn2)cc1C. The molecule has 1 amide bonds. The minimum atomic E-state index is -0.907. The fraction of sp³-hybridized carbons (Fsp3) is 0.160. The smallest absolute Gasteiger partial charge is 0.300 e. The van der Waals surface area contributed by atoms with Crippen LogP contribution in [-0.4, -0.2) is 28.9 Å². The molecule has 7 heteroatoms. The molecule has 6 nitrogen and oxygen atoms in total. The largest absolute Gasteiger partial charge is 0.507 e. The van der Waals surface area contributed by atoms with E-state index in [1.807, 2.05) is 13.8 Å². The average Bonchev–Trinajstić information content (AvgIpc) is 3.06. The van der Waals surface area contributed by atoms with E-state index in [-0.39, 0.29) is 11.3 Å². The lowest BCUT2D eigenvalue weighted by molar-refractivity contribution is -0.132. The fourth-order valence-electron chi connectivity index (χ4n) is 3.92. The lowest BCUT2D eigenvalue weighted by Gasteiger charge is -2.26. The van der Waals surface area contributed by atoms with Crippen molar-refractivity contribution < 1.29 is 19.4 Å². The second kappa shape index (κ2) is 8.48. The molecule has 4 rings (SSSR count). The van der Waals surface area contributed by atoms with Crippen LogP contribution >= 0.6 is 11.6 Å². The Labute approximate surface area is 190 Å². The van der Waals surface area contributed by atoms with E-state index in [4.69, 9.17) is 16.3 Å². The monoisotopic (exact) mass is 448 g/mol. The number of nitrogens with zero attached hydrogens (tertiary/aromatic N) is 2. The molecule has 2 heterocycles. The zero-order chi connectivity index (χ0) is 23.0. The molecule has 1 N–H and O–H groups in total. The van der Waals surface area contributed by atoms with Crippen LogP contribution in [0.1, 0.15) is 28.4 Å². The molecule has 1 aromatic heterocycles. The highest BCUT2D eigenvalue weighted by Gasteiger charge is 2.48. The van der Waals surface area contributed by atoms with Crippen LogP contribution < -0.4 is 9.64 Å². The number of aromatic nitrogens is 1. The molecule has 162 valence electrons. The number of carbonyl (C=O) groups is 2. The Morgan fingerprint density at radius 1 is 1.06 bits per heavy atom. The van der Waals surface area contributed by atoms with Crippen LogP contribution in [-0.2, 0) is 9.59 Å². The van der Waals surface area contributed by atoms with Crippen LogP contribution in [0.5, 0.6) is 5.75 Å². The quantitative estimate of drug-likeness (QED) is 0.345. The standard InChI is InChI=1S/C25H21ClN2O4/c1-14-7-9-17(26)13-19(14)28-22(18-6-4-5-11-27-18)21(24(30)25(28)31)23(29)16-8-10-20(32-3)15(2)12-16/h4-13,22,29H,1-3H3/b23-21+. The minimum absolute atomic E-state index is 0.0300. The fourth-order valence-corrected chi connectivity index (χ4v) is 4.09. The summed E-state index contributed by atoms with van der Waals surface area (Å²) in [5, 5.41) is 11.6. The van der Waals surface area contributed by atoms with Crippen LogP contribution in [0.2, 0.25) is 5.02 Å². The highest BCUT2D eigenvalue weighted by Crippen LogP contribution is 2.43. The van der Waals surface area contributed by atoms with Gasteiger partial charge in [0.05, 0.1) is 18.4 Å². The van der Waals surface area contributed by atoms with Gasteiger partial charge in [0.15, 0.2) is 0 Å². The first-order valence-corrected chi connectivity index (χ1v) is 10.3. The zero-order valence-corrected chi connectivity index (χ0v) is 18.6. The van der Waals surface area contributed by atoms with Gasteiger partial charge in [0.25, 0.3) is 11.7 Å². The van der Waals surface area contributed by atoms with Crippen molar-refractivity contribution in [1.82, 2.24) is 4.98 Å². The zero-order valence-electron chi connectivity index (χ0n) is 17.8. The van der Waals surface area contributed by atoms with Crippen molar-refractivity contribution in [2.24, 2.45) is 0 Å². The van der Waals surface area contributed by atoms with Gasteiger partial charge in [-0.05, 0) is 67.4 Å². The number of ether oxygens (including phenoxy) is 1. The Balaban J connectivity index is 1.96. The number of aliphatic hydroxyl groups is 1. The summed E-state index contributed by atoms with van der Waals surface area (Å²) in [6, 6.07) is 14.5. The molecular formula is C25H21ClN2O4. The van der Waals surface area contributed by atoms with Gasteiger partial charge in [0.1, 0.15) is 17.6 Å². The number of benzene rings is 2. The number of methoxy groups -OCH3 is 1. The molecule has 1 saturated heterocycles. The second-order valence-corrected chi connectivity index (χ2v) is 7.98. The maximum Gasteiger partial charge on any atom is 0.300 e. The number of carbonyl (C=O) groups excluding carboxylic acids is 2. The molecule has 1 aliphatic heterocycles. The van der Waals surface area contributed by atoms with E-state index in [1.165, 1.54) is 4.90 Å². The average molecular weight is 449 g/mol. The van der Waals surface area contributed by atoms with Crippen LogP contribution in [0.3, 0.4) is 0 Å². The number of amides is 1. The second-order valence-electron chi connectivity index (χ2n) is 7.54. The Hall–Kier alpha value is -3.64. The number of aryl methyl sites for hydroxylation is 2. The van der Waals surface area contributed by atoms with Gasteiger partial charge in [-0.25, -0.2) is 0 Å². The molecule has 1 aliphatic rings. The van der Waals surface area contributed by atoms with Crippen molar-refractivity contribution in [3.63, 3.8) is 0 Å². The number of hydrogen-bond donors (Lipinski definition) is 1. The predicted molar refractivity (Wildman–Crippen MR) is 123 cm³/mol. The first kappa shape index (κ1) is 21.6. The highest BCUT2D eigenvalue weighted by molar-refractivity contribution is 6.52. The first-order chi connectivity index (χ1) is 15.3. The van der Waals surface area contributed by atoms with Crippen molar-refractivity contribution >= 4 is 34.7 Å². The topological polar surface area (TPSA) is 79.7 Å². The third kappa shape index (κ3) is 3.63. The summed E-state index contributed by atoms with van der Waals surface area (Å²) in [5.74, 6) is -1.16. The van der Waals surface area contributed by atoms with Crippen molar-refractivity contribution in [3.8, 4) is 5.75 Å². The molecule has 0 radical (unpaired) electrons. The Morgan fingerprint density at radius 2 is 1.84 bits per heavy atom. The highest BCUT2D eigenvalue weighted by atomic mass is 35.5. The number of hydrogen-bond acceptors (Lipinski definition) is 5. The van der Waals surface area contributed by atoms with E-state index in [0.717, 1.165) is 11.1 Å². The maximum absolute atomic E-state index is 13.2. The number of pyridine rings is 1. The summed E-state index contributed by atoms with van der Waals surface area (Å²) in [6.45, 7) is 3.66. The van der Waals surface area contributed by atoms with Crippen molar-refractivity contribution in [3.05, 3.63) is 93.8 Å². The third-order valence-corrected chi connectivity index (χ3v) is 5.75. The molecule has 1 fully saturated rings. The summed E-state index contributed by atoms with van der Waals surface area (Å²) >= 11 is 6.20. The summed E-state index contributed by atoms with van der Waals surface area (Å²) in [7, 11) is 1.56. The van der Waals surface area contributed by atoms with E-state index in [9.17, 15) is 14.7 Å². The van der Waals surface area contributed by atoms with Crippen LogP contribution in [0, 0.1) is 13.8 Å².